The van der Waals surface area contributed by atoms with Gasteiger partial charge in [-0.25, -0.2) is 9.97 Å². The molecule has 2 aliphatic rings. The Labute approximate surface area is 153 Å². The maximum absolute atomic E-state index is 5.51. The molecule has 2 heterocycles. The number of benzene rings is 1. The van der Waals surface area contributed by atoms with Gasteiger partial charge in [0.1, 0.15) is 0 Å². The van der Waals surface area contributed by atoms with Gasteiger partial charge in [0.15, 0.2) is 11.5 Å². The molecule has 7 heteroatoms. The van der Waals surface area contributed by atoms with Gasteiger partial charge >= 0.3 is 0 Å². The third-order valence-corrected chi connectivity index (χ3v) is 4.84. The molecule has 0 saturated carbocycles. The summed E-state index contributed by atoms with van der Waals surface area (Å²) < 4.78 is 16.4. The number of nitrogens with zero attached hydrogens (tertiary/aromatic N) is 3. The van der Waals surface area contributed by atoms with Gasteiger partial charge in [0, 0.05) is 38.4 Å². The number of hydrogen-bond donors (Lipinski definition) is 1. The van der Waals surface area contributed by atoms with Gasteiger partial charge in [-0.1, -0.05) is 0 Å². The molecule has 1 aromatic heterocycles. The highest BCUT2D eigenvalue weighted by Gasteiger charge is 2.24. The number of fused-ring (bicyclic) bond motifs is 2. The molecule has 0 radical (unpaired) electrons. The lowest BCUT2D eigenvalue weighted by Crippen LogP contribution is -2.26. The summed E-state index contributed by atoms with van der Waals surface area (Å²) in [6, 6.07) is 4.26. The molecular formula is C19H24N4O3. The fourth-order valence-corrected chi connectivity index (χ4v) is 3.49. The largest absolute Gasteiger partial charge is 0.493 e. The normalized spacial score (nSPS) is 17.7. The Bertz CT molecular complexity index is 810. The fraction of sp³-hybridized carbons (Fsp3) is 0.474. The Morgan fingerprint density at radius 1 is 1.31 bits per heavy atom. The van der Waals surface area contributed by atoms with Crippen LogP contribution in [0.2, 0.25) is 0 Å². The van der Waals surface area contributed by atoms with Crippen molar-refractivity contribution < 1.29 is 14.2 Å². The molecule has 2 aromatic rings. The van der Waals surface area contributed by atoms with Gasteiger partial charge < -0.3 is 24.4 Å². The van der Waals surface area contributed by atoms with Crippen molar-refractivity contribution in [2.24, 2.45) is 0 Å². The molecule has 0 spiro atoms. The number of methoxy groups -OCH3 is 1. The minimum absolute atomic E-state index is 0.240. The Morgan fingerprint density at radius 2 is 2.19 bits per heavy atom. The molecule has 26 heavy (non-hydrogen) atoms. The third kappa shape index (κ3) is 3.14. The molecule has 1 aromatic carbocycles. The highest BCUT2D eigenvalue weighted by atomic mass is 16.7. The molecule has 0 amide bonds. The molecule has 138 valence electrons. The second-order valence-electron chi connectivity index (χ2n) is 6.82. The van der Waals surface area contributed by atoms with Crippen molar-refractivity contribution >= 4 is 5.95 Å². The predicted octanol–water partition coefficient (Wildman–Crippen LogP) is 2.45. The average Bonchev–Trinajstić information content (AvgIpc) is 3.13. The summed E-state index contributed by atoms with van der Waals surface area (Å²) in [4.78, 5) is 11.1. The quantitative estimate of drug-likeness (QED) is 0.882. The van der Waals surface area contributed by atoms with Gasteiger partial charge in [0.25, 0.3) is 0 Å². The second kappa shape index (κ2) is 6.99. The van der Waals surface area contributed by atoms with Gasteiger partial charge in [-0.15, -0.1) is 0 Å². The molecule has 4 rings (SSSR count). The summed E-state index contributed by atoms with van der Waals surface area (Å²) in [5.74, 6) is 2.90. The van der Waals surface area contributed by atoms with Crippen LogP contribution >= 0.6 is 0 Å². The van der Waals surface area contributed by atoms with E-state index in [1.54, 1.807) is 7.11 Å². The Balaban J connectivity index is 1.51. The van der Waals surface area contributed by atoms with Crippen molar-refractivity contribution in [2.75, 3.05) is 32.9 Å². The summed E-state index contributed by atoms with van der Waals surface area (Å²) >= 11 is 0. The summed E-state index contributed by atoms with van der Waals surface area (Å²) in [6.45, 7) is 0.955. The zero-order valence-corrected chi connectivity index (χ0v) is 15.4. The van der Waals surface area contributed by atoms with E-state index in [2.05, 4.69) is 10.3 Å². The molecule has 0 unspecified atom stereocenters. The van der Waals surface area contributed by atoms with Crippen LogP contribution in [-0.2, 0) is 13.0 Å². The second-order valence-corrected chi connectivity index (χ2v) is 6.82. The summed E-state index contributed by atoms with van der Waals surface area (Å²) in [7, 11) is 5.58. The van der Waals surface area contributed by atoms with Gasteiger partial charge in [0.05, 0.1) is 12.8 Å². The average molecular weight is 356 g/mol. The molecule has 0 saturated heterocycles. The standard InChI is InChI=1S/C19H24N4O3/c1-23(2)19-21-10-13-14(5-4-6-15(13)22-19)20-9-12-7-16(24-3)18-17(8-12)25-11-26-18/h7-8,10,14,20H,4-6,9,11H2,1-3H3/t14-/m1/s1. The van der Waals surface area contributed by atoms with E-state index in [0.29, 0.717) is 18.0 Å². The van der Waals surface area contributed by atoms with Crippen molar-refractivity contribution in [1.82, 2.24) is 15.3 Å². The van der Waals surface area contributed by atoms with Crippen molar-refractivity contribution in [1.29, 1.82) is 0 Å². The first kappa shape index (κ1) is 16.9. The van der Waals surface area contributed by atoms with Crippen LogP contribution in [0.3, 0.4) is 0 Å². The Hall–Kier alpha value is -2.54. The van der Waals surface area contributed by atoms with Crippen LogP contribution in [0.1, 0.15) is 35.7 Å². The van der Waals surface area contributed by atoms with E-state index in [1.807, 2.05) is 37.3 Å². The summed E-state index contributed by atoms with van der Waals surface area (Å²) in [5, 5.41) is 3.64. The predicted molar refractivity (Wildman–Crippen MR) is 98.0 cm³/mol. The van der Waals surface area contributed by atoms with Gasteiger partial charge in [-0.3, -0.25) is 0 Å². The molecule has 1 aliphatic carbocycles. The van der Waals surface area contributed by atoms with E-state index in [-0.39, 0.29) is 12.8 Å². The van der Waals surface area contributed by atoms with Gasteiger partial charge in [-0.05, 0) is 37.0 Å². The summed E-state index contributed by atoms with van der Waals surface area (Å²) in [6.07, 6.45) is 5.18. The van der Waals surface area contributed by atoms with E-state index < -0.39 is 0 Å². The summed E-state index contributed by atoms with van der Waals surface area (Å²) in [5.41, 5.74) is 3.45. The highest BCUT2D eigenvalue weighted by molar-refractivity contribution is 5.55. The molecule has 7 nitrogen and oxygen atoms in total. The zero-order chi connectivity index (χ0) is 18.1. The molecule has 1 N–H and O–H groups in total. The smallest absolute Gasteiger partial charge is 0.231 e. The number of aryl methyl sites for hydroxylation is 1. The topological polar surface area (TPSA) is 68.7 Å². The fourth-order valence-electron chi connectivity index (χ4n) is 3.49. The minimum Gasteiger partial charge on any atom is -0.493 e. The highest BCUT2D eigenvalue weighted by Crippen LogP contribution is 2.42. The van der Waals surface area contributed by atoms with Crippen LogP contribution in [0.5, 0.6) is 17.2 Å². The maximum atomic E-state index is 5.51. The number of rotatable bonds is 5. The van der Waals surface area contributed by atoms with Crippen LogP contribution in [0, 0.1) is 0 Å². The van der Waals surface area contributed by atoms with Crippen molar-refractivity contribution in [3.63, 3.8) is 0 Å². The number of aromatic nitrogens is 2. The van der Waals surface area contributed by atoms with E-state index in [9.17, 15) is 0 Å². The van der Waals surface area contributed by atoms with E-state index in [1.165, 1.54) is 5.56 Å². The van der Waals surface area contributed by atoms with Crippen molar-refractivity contribution in [3.05, 3.63) is 35.2 Å². The third-order valence-electron chi connectivity index (χ3n) is 4.84. The van der Waals surface area contributed by atoms with E-state index in [4.69, 9.17) is 19.2 Å². The first-order chi connectivity index (χ1) is 12.7. The van der Waals surface area contributed by atoms with Crippen LogP contribution in [0.25, 0.3) is 0 Å². The lowest BCUT2D eigenvalue weighted by Gasteiger charge is -2.26. The van der Waals surface area contributed by atoms with Crippen molar-refractivity contribution in [3.8, 4) is 17.2 Å². The van der Waals surface area contributed by atoms with Crippen LogP contribution in [-0.4, -0.2) is 38.0 Å². The molecular weight excluding hydrogens is 332 g/mol. The first-order valence-corrected chi connectivity index (χ1v) is 8.88. The van der Waals surface area contributed by atoms with E-state index in [0.717, 1.165) is 42.2 Å². The molecule has 1 atom stereocenters. The number of nitrogens with one attached hydrogen (secondary N) is 1. The number of hydrogen-bond acceptors (Lipinski definition) is 7. The monoisotopic (exact) mass is 356 g/mol. The SMILES string of the molecule is COc1cc(CN[C@@H]2CCCc3nc(N(C)C)ncc32)cc2c1OCO2. The Kier molecular flexibility index (Phi) is 4.55. The first-order valence-electron chi connectivity index (χ1n) is 8.88. The van der Waals surface area contributed by atoms with Crippen LogP contribution in [0.15, 0.2) is 18.3 Å². The Morgan fingerprint density at radius 3 is 3.00 bits per heavy atom. The molecule has 1 aliphatic heterocycles. The van der Waals surface area contributed by atoms with Crippen molar-refractivity contribution in [2.45, 2.75) is 31.8 Å². The van der Waals surface area contributed by atoms with E-state index >= 15 is 0 Å². The molecule has 0 bridgehead atoms. The van der Waals surface area contributed by atoms with Gasteiger partial charge in [0.2, 0.25) is 18.5 Å². The van der Waals surface area contributed by atoms with Gasteiger partial charge in [-0.2, -0.15) is 0 Å². The van der Waals surface area contributed by atoms with Crippen LogP contribution in [0.4, 0.5) is 5.95 Å². The van der Waals surface area contributed by atoms with Crippen LogP contribution < -0.4 is 24.4 Å². The lowest BCUT2D eigenvalue weighted by molar-refractivity contribution is 0.171. The number of anilines is 1. The lowest BCUT2D eigenvalue weighted by atomic mass is 9.92. The number of ether oxygens (including phenoxy) is 3. The molecule has 0 fully saturated rings. The minimum atomic E-state index is 0.240. The zero-order valence-electron chi connectivity index (χ0n) is 15.4. The maximum Gasteiger partial charge on any atom is 0.231 e.